The molecule has 0 bridgehead atoms. The maximum Gasteiger partial charge on any atom is 0.240 e. The normalized spacial score (nSPS) is 11.7. The van der Waals surface area contributed by atoms with Crippen molar-refractivity contribution in [3.8, 4) is 16.5 Å². The second-order valence-corrected chi connectivity index (χ2v) is 9.37. The van der Waals surface area contributed by atoms with Gasteiger partial charge < -0.3 is 10.1 Å². The number of aromatic amines is 1. The molecule has 0 unspecified atom stereocenters. The topological polar surface area (TPSA) is 112 Å². The summed E-state index contributed by atoms with van der Waals surface area (Å²) in [5, 5.41) is 12.1. The molecule has 0 fully saturated rings. The van der Waals surface area contributed by atoms with Crippen molar-refractivity contribution in [2.75, 3.05) is 6.54 Å². The van der Waals surface area contributed by atoms with E-state index >= 15 is 0 Å². The smallest absolute Gasteiger partial charge is 0.240 e. The van der Waals surface area contributed by atoms with Crippen molar-refractivity contribution in [2.24, 2.45) is 0 Å². The van der Waals surface area contributed by atoms with Crippen LogP contribution in [0.25, 0.3) is 21.7 Å². The van der Waals surface area contributed by atoms with Gasteiger partial charge in [-0.2, -0.15) is 0 Å². The summed E-state index contributed by atoms with van der Waals surface area (Å²) < 4.78 is 27.0. The zero-order valence-corrected chi connectivity index (χ0v) is 17.5. The number of nitrogens with zero attached hydrogens (tertiary/aromatic N) is 1. The highest BCUT2D eigenvalue weighted by atomic mass is 32.2. The molecule has 0 aliphatic heterocycles. The lowest BCUT2D eigenvalue weighted by Gasteiger charge is -2.07. The first-order valence-electron chi connectivity index (χ1n) is 9.29. The molecule has 7 nitrogen and oxygen atoms in total. The average Bonchev–Trinajstić information content (AvgIpc) is 3.42. The molecule has 0 spiro atoms. The number of nitrogens with one attached hydrogen (secondary N) is 2. The Balaban J connectivity index is 1.45. The number of Topliss-reactive ketones (excluding diaryl/α,β-unsaturated/α-hetero) is 1. The van der Waals surface area contributed by atoms with Crippen LogP contribution in [0.3, 0.4) is 0 Å². The first-order chi connectivity index (χ1) is 14.5. The van der Waals surface area contributed by atoms with Gasteiger partial charge in [-0.05, 0) is 42.1 Å². The van der Waals surface area contributed by atoms with Gasteiger partial charge in [0.05, 0.1) is 9.77 Å². The minimum Gasteiger partial charge on any atom is -0.506 e. The van der Waals surface area contributed by atoms with Crippen LogP contribution in [0.2, 0.25) is 0 Å². The molecule has 30 heavy (non-hydrogen) atoms. The lowest BCUT2D eigenvalue weighted by Crippen LogP contribution is -2.25. The number of thiophene rings is 1. The molecule has 4 rings (SSSR count). The van der Waals surface area contributed by atoms with Crippen molar-refractivity contribution in [3.63, 3.8) is 0 Å². The van der Waals surface area contributed by atoms with Gasteiger partial charge in [-0.1, -0.05) is 24.3 Å². The Labute approximate surface area is 177 Å². The van der Waals surface area contributed by atoms with E-state index in [1.54, 1.807) is 24.3 Å². The van der Waals surface area contributed by atoms with Crippen LogP contribution in [0.15, 0.2) is 64.9 Å². The van der Waals surface area contributed by atoms with Crippen molar-refractivity contribution in [1.82, 2.24) is 14.7 Å². The predicted molar refractivity (Wildman–Crippen MR) is 116 cm³/mol. The summed E-state index contributed by atoms with van der Waals surface area (Å²) in [6.07, 6.45) is 0.494. The molecule has 2 aromatic carbocycles. The lowest BCUT2D eigenvalue weighted by atomic mass is 10.0. The number of carbonyl (C=O) groups excluding carboxylic acids is 1. The Morgan fingerprint density at radius 3 is 2.63 bits per heavy atom. The Hall–Kier alpha value is -3.01. The number of ketones is 1. The second kappa shape index (κ2) is 8.39. The molecular formula is C21H19N3O4S2. The average molecular weight is 442 g/mol. The predicted octanol–water partition coefficient (Wildman–Crippen LogP) is 3.94. The van der Waals surface area contributed by atoms with E-state index in [-0.39, 0.29) is 29.4 Å². The fourth-order valence-corrected chi connectivity index (χ4v) is 4.87. The van der Waals surface area contributed by atoms with Crippen molar-refractivity contribution in [2.45, 2.75) is 17.7 Å². The largest absolute Gasteiger partial charge is 0.506 e. The Morgan fingerprint density at radius 1 is 1.10 bits per heavy atom. The maximum atomic E-state index is 12.8. The number of rotatable bonds is 8. The third-order valence-electron chi connectivity index (χ3n) is 4.60. The SMILES string of the molecule is O=C(CCCNS(=O)(=O)c1ccccc1)c1ccc(O)c2[nH]c(-c3cccs3)nc12. The number of aromatic hydroxyl groups is 1. The van der Waals surface area contributed by atoms with Crippen molar-refractivity contribution < 1.29 is 18.3 Å². The van der Waals surface area contributed by atoms with Gasteiger partial charge in [0.15, 0.2) is 5.78 Å². The molecule has 4 aromatic rings. The fraction of sp³-hybridized carbons (Fsp3) is 0.143. The summed E-state index contributed by atoms with van der Waals surface area (Å²) in [6.45, 7) is 0.144. The van der Waals surface area contributed by atoms with Gasteiger partial charge in [0.25, 0.3) is 0 Å². The van der Waals surface area contributed by atoms with Crippen LogP contribution < -0.4 is 4.72 Å². The summed E-state index contributed by atoms with van der Waals surface area (Å²) in [5.41, 5.74) is 1.22. The molecule has 2 heterocycles. The molecule has 0 aliphatic carbocycles. The molecule has 0 atom stereocenters. The van der Waals surface area contributed by atoms with E-state index in [9.17, 15) is 18.3 Å². The molecule has 0 amide bonds. The number of phenolic OH excluding ortho intramolecular Hbond substituents is 1. The van der Waals surface area contributed by atoms with Gasteiger partial charge in [0.2, 0.25) is 10.0 Å². The van der Waals surface area contributed by atoms with Crippen molar-refractivity contribution in [3.05, 3.63) is 65.5 Å². The van der Waals surface area contributed by atoms with Crippen molar-refractivity contribution >= 4 is 38.2 Å². The number of fused-ring (bicyclic) bond motifs is 1. The van der Waals surface area contributed by atoms with E-state index in [1.165, 1.54) is 29.5 Å². The number of hydrogen-bond donors (Lipinski definition) is 3. The number of H-pyrrole nitrogens is 1. The van der Waals surface area contributed by atoms with E-state index in [4.69, 9.17) is 0 Å². The number of phenols is 1. The minimum absolute atomic E-state index is 0.0208. The first kappa shape index (κ1) is 20.3. The van der Waals surface area contributed by atoms with Crippen LogP contribution in [0, 0.1) is 0 Å². The highest BCUT2D eigenvalue weighted by Gasteiger charge is 2.18. The highest BCUT2D eigenvalue weighted by molar-refractivity contribution is 7.89. The molecule has 0 radical (unpaired) electrons. The Bertz CT molecular complexity index is 1280. The molecule has 9 heteroatoms. The quantitative estimate of drug-likeness (QED) is 0.283. The number of hydrogen-bond acceptors (Lipinski definition) is 6. The molecule has 154 valence electrons. The van der Waals surface area contributed by atoms with Crippen LogP contribution in [0.5, 0.6) is 5.75 Å². The standard InChI is InChI=1S/C21H19N3O4S2/c25-16(8-4-12-22-30(27,28)14-6-2-1-3-7-14)15-10-11-17(26)20-19(15)23-21(24-20)18-9-5-13-29-18/h1-3,5-7,9-11,13,22,26H,4,8,12H2,(H,23,24). The van der Waals surface area contributed by atoms with Gasteiger partial charge in [-0.3, -0.25) is 4.79 Å². The zero-order valence-electron chi connectivity index (χ0n) is 15.8. The van der Waals surface area contributed by atoms with Gasteiger partial charge in [-0.15, -0.1) is 11.3 Å². The zero-order chi connectivity index (χ0) is 21.1. The monoisotopic (exact) mass is 441 g/mol. The third-order valence-corrected chi connectivity index (χ3v) is 6.96. The second-order valence-electron chi connectivity index (χ2n) is 6.66. The number of imidazole rings is 1. The lowest BCUT2D eigenvalue weighted by molar-refractivity contribution is 0.0982. The molecule has 0 saturated heterocycles. The van der Waals surface area contributed by atoms with Gasteiger partial charge >= 0.3 is 0 Å². The number of sulfonamides is 1. The summed E-state index contributed by atoms with van der Waals surface area (Å²) in [7, 11) is -3.60. The van der Waals surface area contributed by atoms with Crippen LogP contribution >= 0.6 is 11.3 Å². The van der Waals surface area contributed by atoms with Gasteiger partial charge in [0, 0.05) is 18.5 Å². The fourth-order valence-electron chi connectivity index (χ4n) is 3.11. The van der Waals surface area contributed by atoms with E-state index in [2.05, 4.69) is 14.7 Å². The van der Waals surface area contributed by atoms with Crippen LogP contribution in [-0.4, -0.2) is 35.8 Å². The molecule has 0 aliphatic rings. The van der Waals surface area contributed by atoms with Crippen LogP contribution in [-0.2, 0) is 10.0 Å². The minimum atomic E-state index is -3.60. The van der Waals surface area contributed by atoms with E-state index in [0.29, 0.717) is 28.8 Å². The summed E-state index contributed by atoms with van der Waals surface area (Å²) in [5.74, 6) is 0.446. The molecule has 2 aromatic heterocycles. The summed E-state index contributed by atoms with van der Waals surface area (Å²) in [4.78, 5) is 21.4. The number of aromatic nitrogens is 2. The first-order valence-corrected chi connectivity index (χ1v) is 11.7. The highest BCUT2D eigenvalue weighted by Crippen LogP contribution is 2.31. The van der Waals surface area contributed by atoms with Crippen molar-refractivity contribution in [1.29, 1.82) is 0 Å². The van der Waals surface area contributed by atoms with Crippen LogP contribution in [0.4, 0.5) is 0 Å². The maximum absolute atomic E-state index is 12.8. The van der Waals surface area contributed by atoms with E-state index in [1.807, 2.05) is 17.5 Å². The van der Waals surface area contributed by atoms with E-state index < -0.39 is 10.0 Å². The molecule has 3 N–H and O–H groups in total. The Kier molecular flexibility index (Phi) is 5.67. The summed E-state index contributed by atoms with van der Waals surface area (Å²) in [6, 6.07) is 14.9. The van der Waals surface area contributed by atoms with Gasteiger partial charge in [0.1, 0.15) is 22.6 Å². The summed E-state index contributed by atoms with van der Waals surface area (Å²) >= 11 is 1.50. The number of benzene rings is 2. The van der Waals surface area contributed by atoms with Crippen LogP contribution in [0.1, 0.15) is 23.2 Å². The third kappa shape index (κ3) is 4.13. The Morgan fingerprint density at radius 2 is 1.90 bits per heavy atom. The number of carbonyl (C=O) groups is 1. The van der Waals surface area contributed by atoms with E-state index in [0.717, 1.165) is 4.88 Å². The molecule has 0 saturated carbocycles. The van der Waals surface area contributed by atoms with Gasteiger partial charge in [-0.25, -0.2) is 18.1 Å². The molecular weight excluding hydrogens is 422 g/mol.